The molecule has 0 atom stereocenters. The lowest BCUT2D eigenvalue weighted by molar-refractivity contribution is 0.466. The molecule has 0 spiro atoms. The Bertz CT molecular complexity index is 995. The summed E-state index contributed by atoms with van der Waals surface area (Å²) >= 11 is 0. The average molecular weight is 369 g/mol. The van der Waals surface area contributed by atoms with Crippen molar-refractivity contribution in [1.82, 2.24) is 14.1 Å². The van der Waals surface area contributed by atoms with Gasteiger partial charge in [-0.25, -0.2) is 8.42 Å². The van der Waals surface area contributed by atoms with Gasteiger partial charge in [0.25, 0.3) is 0 Å². The minimum atomic E-state index is -3.53. The van der Waals surface area contributed by atoms with Crippen molar-refractivity contribution in [1.29, 1.82) is 0 Å². The second-order valence-electron chi connectivity index (χ2n) is 6.54. The van der Waals surface area contributed by atoms with Crippen LogP contribution in [0.1, 0.15) is 22.3 Å². The van der Waals surface area contributed by atoms with E-state index < -0.39 is 10.0 Å². The molecule has 0 saturated heterocycles. The minimum Gasteiger partial charge on any atom is -0.268 e. The average Bonchev–Trinajstić information content (AvgIpc) is 3.05. The second-order valence-corrected chi connectivity index (χ2v) is 8.58. The zero-order valence-corrected chi connectivity index (χ0v) is 16.1. The monoisotopic (exact) mass is 369 g/mol. The lowest BCUT2D eigenvalue weighted by atomic mass is 10.1. The number of aromatic nitrogens is 2. The highest BCUT2D eigenvalue weighted by Crippen LogP contribution is 2.19. The molecule has 0 unspecified atom stereocenters. The van der Waals surface area contributed by atoms with E-state index >= 15 is 0 Å². The number of benzene rings is 2. The summed E-state index contributed by atoms with van der Waals surface area (Å²) in [5, 5.41) is 4.34. The van der Waals surface area contributed by atoms with Crippen molar-refractivity contribution >= 4 is 10.0 Å². The molecule has 0 radical (unpaired) electrons. The predicted octanol–water partition coefficient (Wildman–Crippen LogP) is 3.37. The Morgan fingerprint density at radius 3 is 2.42 bits per heavy atom. The first kappa shape index (κ1) is 18.4. The first-order valence-corrected chi connectivity index (χ1v) is 9.89. The van der Waals surface area contributed by atoms with Gasteiger partial charge in [0.15, 0.2) is 0 Å². The van der Waals surface area contributed by atoms with Gasteiger partial charge in [-0.05, 0) is 42.7 Å². The molecular formula is C20H23N3O2S. The lowest BCUT2D eigenvalue weighted by Gasteiger charge is -2.17. The molecule has 3 aromatic rings. The van der Waals surface area contributed by atoms with Crippen molar-refractivity contribution in [3.05, 3.63) is 83.2 Å². The topological polar surface area (TPSA) is 55.2 Å². The maximum atomic E-state index is 12.8. The standard InChI is InChI=1S/C20H23N3O2S/c1-16-9-10-20(11-17(16)2)26(24,25)22(3)13-19-12-21-23(15-19)14-18-7-5-4-6-8-18/h4-12,15H,13-14H2,1-3H3. The molecule has 136 valence electrons. The first-order chi connectivity index (χ1) is 12.4. The van der Waals surface area contributed by atoms with E-state index in [0.717, 1.165) is 22.3 Å². The van der Waals surface area contributed by atoms with Gasteiger partial charge in [-0.15, -0.1) is 0 Å². The molecular weight excluding hydrogens is 346 g/mol. The number of hydrogen-bond donors (Lipinski definition) is 0. The van der Waals surface area contributed by atoms with Gasteiger partial charge in [0, 0.05) is 25.4 Å². The van der Waals surface area contributed by atoms with Crippen molar-refractivity contribution in [2.75, 3.05) is 7.05 Å². The van der Waals surface area contributed by atoms with E-state index in [4.69, 9.17) is 0 Å². The third-order valence-corrected chi connectivity index (χ3v) is 6.27. The molecule has 1 heterocycles. The summed E-state index contributed by atoms with van der Waals surface area (Å²) in [5.74, 6) is 0. The molecule has 0 saturated carbocycles. The van der Waals surface area contributed by atoms with Gasteiger partial charge < -0.3 is 0 Å². The molecule has 0 fully saturated rings. The smallest absolute Gasteiger partial charge is 0.243 e. The summed E-state index contributed by atoms with van der Waals surface area (Å²) < 4.78 is 28.8. The van der Waals surface area contributed by atoms with Crippen molar-refractivity contribution < 1.29 is 8.42 Å². The van der Waals surface area contributed by atoms with Gasteiger partial charge >= 0.3 is 0 Å². The molecule has 0 aliphatic carbocycles. The molecule has 6 heteroatoms. The van der Waals surface area contributed by atoms with E-state index in [2.05, 4.69) is 5.10 Å². The Morgan fingerprint density at radius 2 is 1.73 bits per heavy atom. The zero-order chi connectivity index (χ0) is 18.7. The van der Waals surface area contributed by atoms with E-state index in [9.17, 15) is 8.42 Å². The molecule has 0 N–H and O–H groups in total. The predicted molar refractivity (Wildman–Crippen MR) is 102 cm³/mol. The van der Waals surface area contributed by atoms with Gasteiger partial charge in [0.1, 0.15) is 0 Å². The fourth-order valence-electron chi connectivity index (χ4n) is 2.74. The SMILES string of the molecule is Cc1ccc(S(=O)(=O)N(C)Cc2cnn(Cc3ccccc3)c2)cc1C. The Labute approximate surface area is 154 Å². The summed E-state index contributed by atoms with van der Waals surface area (Å²) in [5.41, 5.74) is 4.05. The Morgan fingerprint density at radius 1 is 1.00 bits per heavy atom. The minimum absolute atomic E-state index is 0.282. The van der Waals surface area contributed by atoms with Gasteiger partial charge in [0.05, 0.1) is 17.6 Å². The highest BCUT2D eigenvalue weighted by Gasteiger charge is 2.21. The zero-order valence-electron chi connectivity index (χ0n) is 15.3. The maximum absolute atomic E-state index is 12.8. The number of hydrogen-bond acceptors (Lipinski definition) is 3. The summed E-state index contributed by atoms with van der Waals surface area (Å²) in [6, 6.07) is 15.3. The van der Waals surface area contributed by atoms with Crippen LogP contribution in [0.25, 0.3) is 0 Å². The van der Waals surface area contributed by atoms with E-state index in [1.54, 1.807) is 25.4 Å². The van der Waals surface area contributed by atoms with Gasteiger partial charge in [-0.1, -0.05) is 36.4 Å². The van der Waals surface area contributed by atoms with Gasteiger partial charge in [-0.2, -0.15) is 9.40 Å². The van der Waals surface area contributed by atoms with Crippen LogP contribution in [0.15, 0.2) is 65.8 Å². The Hall–Kier alpha value is -2.44. The van der Waals surface area contributed by atoms with Crippen molar-refractivity contribution in [3.8, 4) is 0 Å². The molecule has 0 aliphatic rings. The van der Waals surface area contributed by atoms with Crippen LogP contribution >= 0.6 is 0 Å². The first-order valence-electron chi connectivity index (χ1n) is 8.45. The third-order valence-electron chi connectivity index (χ3n) is 4.47. The quantitative estimate of drug-likeness (QED) is 0.669. The third kappa shape index (κ3) is 4.03. The van der Waals surface area contributed by atoms with E-state index in [0.29, 0.717) is 11.4 Å². The molecule has 0 amide bonds. The molecule has 1 aromatic heterocycles. The van der Waals surface area contributed by atoms with Gasteiger partial charge in [-0.3, -0.25) is 4.68 Å². The lowest BCUT2D eigenvalue weighted by Crippen LogP contribution is -2.26. The number of nitrogens with zero attached hydrogens (tertiary/aromatic N) is 3. The van der Waals surface area contributed by atoms with Crippen LogP contribution in [-0.4, -0.2) is 29.6 Å². The number of aryl methyl sites for hydroxylation is 2. The molecule has 5 nitrogen and oxygen atoms in total. The molecule has 26 heavy (non-hydrogen) atoms. The van der Waals surface area contributed by atoms with Gasteiger partial charge in [0.2, 0.25) is 10.0 Å². The van der Waals surface area contributed by atoms with E-state index in [-0.39, 0.29) is 6.54 Å². The summed E-state index contributed by atoms with van der Waals surface area (Å²) in [6.45, 7) is 4.83. The summed E-state index contributed by atoms with van der Waals surface area (Å²) in [6.07, 6.45) is 3.61. The van der Waals surface area contributed by atoms with Crippen LogP contribution < -0.4 is 0 Å². The molecule has 0 aliphatic heterocycles. The molecule has 3 rings (SSSR count). The van der Waals surface area contributed by atoms with E-state index in [1.165, 1.54) is 4.31 Å². The van der Waals surface area contributed by atoms with Crippen LogP contribution in [-0.2, 0) is 23.1 Å². The van der Waals surface area contributed by atoms with Crippen LogP contribution in [0.3, 0.4) is 0 Å². The number of sulfonamides is 1. The Balaban J connectivity index is 1.73. The van der Waals surface area contributed by atoms with Crippen LogP contribution in [0.4, 0.5) is 0 Å². The van der Waals surface area contributed by atoms with Crippen molar-refractivity contribution in [2.45, 2.75) is 31.8 Å². The molecule has 2 aromatic carbocycles. The normalized spacial score (nSPS) is 11.8. The highest BCUT2D eigenvalue weighted by atomic mass is 32.2. The van der Waals surface area contributed by atoms with Crippen LogP contribution in [0.5, 0.6) is 0 Å². The van der Waals surface area contributed by atoms with Crippen LogP contribution in [0.2, 0.25) is 0 Å². The summed E-state index contributed by atoms with van der Waals surface area (Å²) in [7, 11) is -1.93. The van der Waals surface area contributed by atoms with Crippen molar-refractivity contribution in [3.63, 3.8) is 0 Å². The fraction of sp³-hybridized carbons (Fsp3) is 0.250. The maximum Gasteiger partial charge on any atom is 0.243 e. The highest BCUT2D eigenvalue weighted by molar-refractivity contribution is 7.89. The van der Waals surface area contributed by atoms with Crippen LogP contribution in [0, 0.1) is 13.8 Å². The molecule has 0 bridgehead atoms. The van der Waals surface area contributed by atoms with E-state index in [1.807, 2.05) is 61.1 Å². The number of rotatable bonds is 6. The van der Waals surface area contributed by atoms with Crippen molar-refractivity contribution in [2.24, 2.45) is 0 Å². The second kappa shape index (κ2) is 7.43. The Kier molecular flexibility index (Phi) is 5.25. The fourth-order valence-corrected chi connectivity index (χ4v) is 3.99. The largest absolute Gasteiger partial charge is 0.268 e. The summed E-state index contributed by atoms with van der Waals surface area (Å²) in [4.78, 5) is 0.319.